The van der Waals surface area contributed by atoms with Crippen molar-refractivity contribution in [2.24, 2.45) is 0 Å². The lowest BCUT2D eigenvalue weighted by Gasteiger charge is -2.25. The van der Waals surface area contributed by atoms with Crippen LogP contribution in [0.15, 0.2) is 53.1 Å². The standard InChI is InChI=1S/C21H20FN3O2/c1-13-4-3-5-16(10-13)20-23-21(27-24-20)17-11-19(26)25(12-17)14(2)15-6-8-18(22)9-7-15/h3-10,14,17H,11-12H2,1-2H3. The molecule has 3 aromatic rings. The third-order valence-corrected chi connectivity index (χ3v) is 5.05. The lowest BCUT2D eigenvalue weighted by atomic mass is 10.1. The molecular weight excluding hydrogens is 345 g/mol. The fourth-order valence-electron chi connectivity index (χ4n) is 3.50. The maximum atomic E-state index is 13.1. The predicted molar refractivity (Wildman–Crippen MR) is 98.4 cm³/mol. The zero-order chi connectivity index (χ0) is 19.0. The molecule has 0 saturated carbocycles. The van der Waals surface area contributed by atoms with Crippen molar-refractivity contribution < 1.29 is 13.7 Å². The molecule has 5 nitrogen and oxygen atoms in total. The van der Waals surface area contributed by atoms with E-state index in [1.54, 1.807) is 17.0 Å². The third kappa shape index (κ3) is 3.47. The first-order valence-electron chi connectivity index (χ1n) is 8.97. The minimum Gasteiger partial charge on any atom is -0.339 e. The van der Waals surface area contributed by atoms with Crippen molar-refractivity contribution in [3.8, 4) is 11.4 Å². The van der Waals surface area contributed by atoms with E-state index in [0.717, 1.165) is 16.7 Å². The third-order valence-electron chi connectivity index (χ3n) is 5.05. The molecule has 0 N–H and O–H groups in total. The van der Waals surface area contributed by atoms with Crippen LogP contribution in [0, 0.1) is 12.7 Å². The summed E-state index contributed by atoms with van der Waals surface area (Å²) >= 11 is 0. The molecule has 1 saturated heterocycles. The van der Waals surface area contributed by atoms with Gasteiger partial charge in [0.1, 0.15) is 5.82 Å². The highest BCUT2D eigenvalue weighted by molar-refractivity contribution is 5.80. The minimum atomic E-state index is -0.286. The van der Waals surface area contributed by atoms with Gasteiger partial charge in [0.25, 0.3) is 0 Å². The summed E-state index contributed by atoms with van der Waals surface area (Å²) in [5, 5.41) is 4.08. The molecule has 1 aliphatic rings. The number of rotatable bonds is 4. The fourth-order valence-corrected chi connectivity index (χ4v) is 3.50. The Labute approximate surface area is 156 Å². The van der Waals surface area contributed by atoms with E-state index in [1.165, 1.54) is 12.1 Å². The van der Waals surface area contributed by atoms with Gasteiger partial charge in [-0.1, -0.05) is 41.1 Å². The van der Waals surface area contributed by atoms with Gasteiger partial charge in [-0.25, -0.2) is 4.39 Å². The van der Waals surface area contributed by atoms with Crippen LogP contribution in [0.2, 0.25) is 0 Å². The number of aromatic nitrogens is 2. The zero-order valence-electron chi connectivity index (χ0n) is 15.2. The second kappa shape index (κ2) is 6.95. The number of amides is 1. The van der Waals surface area contributed by atoms with E-state index in [4.69, 9.17) is 4.52 Å². The largest absolute Gasteiger partial charge is 0.339 e. The highest BCUT2D eigenvalue weighted by Crippen LogP contribution is 2.34. The summed E-state index contributed by atoms with van der Waals surface area (Å²) in [5.74, 6) is 0.629. The summed E-state index contributed by atoms with van der Waals surface area (Å²) < 4.78 is 18.6. The van der Waals surface area contributed by atoms with Gasteiger partial charge in [-0.05, 0) is 37.6 Å². The van der Waals surface area contributed by atoms with E-state index < -0.39 is 0 Å². The Morgan fingerprint density at radius 3 is 2.74 bits per heavy atom. The number of aryl methyl sites for hydroxylation is 1. The topological polar surface area (TPSA) is 59.2 Å². The number of hydrogen-bond donors (Lipinski definition) is 0. The summed E-state index contributed by atoms with van der Waals surface area (Å²) in [7, 11) is 0. The first-order valence-corrected chi connectivity index (χ1v) is 8.97. The predicted octanol–water partition coefficient (Wildman–Crippen LogP) is 4.26. The molecule has 2 atom stereocenters. The molecule has 0 radical (unpaired) electrons. The van der Waals surface area contributed by atoms with Crippen molar-refractivity contribution in [1.82, 2.24) is 15.0 Å². The normalized spacial score (nSPS) is 18.1. The molecule has 0 bridgehead atoms. The summed E-state index contributed by atoms with van der Waals surface area (Å²) in [6.07, 6.45) is 0.334. The van der Waals surface area contributed by atoms with E-state index in [2.05, 4.69) is 10.1 Å². The van der Waals surface area contributed by atoms with Gasteiger partial charge < -0.3 is 9.42 Å². The van der Waals surface area contributed by atoms with E-state index in [0.29, 0.717) is 24.7 Å². The van der Waals surface area contributed by atoms with Crippen molar-refractivity contribution in [2.45, 2.75) is 32.2 Å². The summed E-state index contributed by atoms with van der Waals surface area (Å²) in [5.41, 5.74) is 2.91. The van der Waals surface area contributed by atoms with Crippen LogP contribution in [-0.2, 0) is 4.79 Å². The second-order valence-corrected chi connectivity index (χ2v) is 7.00. The molecule has 1 aliphatic heterocycles. The molecule has 2 unspecified atom stereocenters. The SMILES string of the molecule is Cc1cccc(-c2noc(C3CC(=O)N(C(C)c4ccc(F)cc4)C3)n2)c1. The number of nitrogens with zero attached hydrogens (tertiary/aromatic N) is 3. The lowest BCUT2D eigenvalue weighted by molar-refractivity contribution is -0.129. The molecule has 1 fully saturated rings. The van der Waals surface area contributed by atoms with E-state index in [-0.39, 0.29) is 23.7 Å². The Hall–Kier alpha value is -3.02. The van der Waals surface area contributed by atoms with Crippen LogP contribution in [0.5, 0.6) is 0 Å². The average molecular weight is 365 g/mol. The van der Waals surface area contributed by atoms with Gasteiger partial charge in [-0.3, -0.25) is 4.79 Å². The Bertz CT molecular complexity index is 968. The van der Waals surface area contributed by atoms with Crippen molar-refractivity contribution in [2.75, 3.05) is 6.54 Å². The van der Waals surface area contributed by atoms with Gasteiger partial charge >= 0.3 is 0 Å². The molecule has 0 spiro atoms. The highest BCUT2D eigenvalue weighted by atomic mass is 19.1. The Kier molecular flexibility index (Phi) is 4.48. The van der Waals surface area contributed by atoms with E-state index in [9.17, 15) is 9.18 Å². The van der Waals surface area contributed by atoms with E-state index in [1.807, 2.05) is 38.1 Å². The molecule has 1 amide bonds. The fraction of sp³-hybridized carbons (Fsp3) is 0.286. The van der Waals surface area contributed by atoms with Gasteiger partial charge in [0.05, 0.1) is 12.0 Å². The van der Waals surface area contributed by atoms with Crippen LogP contribution in [0.3, 0.4) is 0 Å². The molecule has 2 aromatic carbocycles. The Balaban J connectivity index is 1.52. The Morgan fingerprint density at radius 1 is 1.22 bits per heavy atom. The molecule has 4 rings (SSSR count). The van der Waals surface area contributed by atoms with Gasteiger partial charge in [0.15, 0.2) is 0 Å². The maximum Gasteiger partial charge on any atom is 0.232 e. The van der Waals surface area contributed by atoms with Gasteiger partial charge in [0, 0.05) is 18.5 Å². The van der Waals surface area contributed by atoms with Crippen LogP contribution < -0.4 is 0 Å². The number of carbonyl (C=O) groups is 1. The second-order valence-electron chi connectivity index (χ2n) is 7.00. The van der Waals surface area contributed by atoms with Crippen LogP contribution in [0.25, 0.3) is 11.4 Å². The van der Waals surface area contributed by atoms with Gasteiger partial charge in [-0.2, -0.15) is 4.98 Å². The van der Waals surface area contributed by atoms with Gasteiger partial charge in [0.2, 0.25) is 17.6 Å². The molecule has 27 heavy (non-hydrogen) atoms. The average Bonchev–Trinajstić information content (AvgIpc) is 3.29. The molecular formula is C21H20FN3O2. The van der Waals surface area contributed by atoms with Crippen LogP contribution in [0.1, 0.15) is 42.3 Å². The molecule has 138 valence electrons. The summed E-state index contributed by atoms with van der Waals surface area (Å²) in [6.45, 7) is 4.46. The summed E-state index contributed by atoms with van der Waals surface area (Å²) in [6, 6.07) is 14.0. The quantitative estimate of drug-likeness (QED) is 0.693. The minimum absolute atomic E-state index is 0.0344. The van der Waals surface area contributed by atoms with Crippen molar-refractivity contribution >= 4 is 5.91 Å². The van der Waals surface area contributed by atoms with Crippen molar-refractivity contribution in [3.05, 3.63) is 71.4 Å². The number of carbonyl (C=O) groups excluding carboxylic acids is 1. The number of hydrogen-bond acceptors (Lipinski definition) is 4. The van der Waals surface area contributed by atoms with E-state index >= 15 is 0 Å². The van der Waals surface area contributed by atoms with Crippen LogP contribution in [-0.4, -0.2) is 27.5 Å². The zero-order valence-corrected chi connectivity index (χ0v) is 15.2. The van der Waals surface area contributed by atoms with Crippen LogP contribution >= 0.6 is 0 Å². The van der Waals surface area contributed by atoms with Crippen LogP contribution in [0.4, 0.5) is 4.39 Å². The highest BCUT2D eigenvalue weighted by Gasteiger charge is 2.37. The smallest absolute Gasteiger partial charge is 0.232 e. The first kappa shape index (κ1) is 17.4. The van der Waals surface area contributed by atoms with Crippen molar-refractivity contribution in [1.29, 1.82) is 0 Å². The summed E-state index contributed by atoms with van der Waals surface area (Å²) in [4.78, 5) is 18.8. The maximum absolute atomic E-state index is 13.1. The number of likely N-dealkylation sites (tertiary alicyclic amines) is 1. The molecule has 6 heteroatoms. The number of benzene rings is 2. The molecule has 2 heterocycles. The molecule has 1 aromatic heterocycles. The monoisotopic (exact) mass is 365 g/mol. The number of halogens is 1. The first-order chi connectivity index (χ1) is 13.0. The molecule has 0 aliphatic carbocycles. The van der Waals surface area contributed by atoms with Crippen molar-refractivity contribution in [3.63, 3.8) is 0 Å². The van der Waals surface area contributed by atoms with Gasteiger partial charge in [-0.15, -0.1) is 0 Å². The lowest BCUT2D eigenvalue weighted by Crippen LogP contribution is -2.28. The Morgan fingerprint density at radius 2 is 2.00 bits per heavy atom.